The number of carbonyl (C=O) groups is 1. The van der Waals surface area contributed by atoms with Gasteiger partial charge in [0.15, 0.2) is 0 Å². The topological polar surface area (TPSA) is 80.0 Å². The van der Waals surface area contributed by atoms with Crippen LogP contribution in [-0.2, 0) is 23.7 Å². The lowest BCUT2D eigenvalue weighted by Gasteiger charge is -2.34. The van der Waals surface area contributed by atoms with Gasteiger partial charge < -0.3 is 19.9 Å². The molecule has 0 bridgehead atoms. The maximum atomic E-state index is 14.2. The molecule has 0 aliphatic rings. The van der Waals surface area contributed by atoms with E-state index >= 15 is 0 Å². The Labute approximate surface area is 238 Å². The second-order valence-electron chi connectivity index (χ2n) is 7.89. The average Bonchev–Trinajstić information content (AvgIpc) is 2.71. The molecule has 4 atom stereocenters. The van der Waals surface area contributed by atoms with Gasteiger partial charge in [0.2, 0.25) is 12.7 Å². The fourth-order valence-electron chi connectivity index (χ4n) is 2.25. The van der Waals surface area contributed by atoms with Crippen molar-refractivity contribution in [1.82, 2.24) is 0 Å². The van der Waals surface area contributed by atoms with Gasteiger partial charge in [-0.15, -0.1) is 0 Å². The van der Waals surface area contributed by atoms with Crippen molar-refractivity contribution in [3.8, 4) is 0 Å². The zero-order valence-electron chi connectivity index (χ0n) is 20.2. The van der Waals surface area contributed by atoms with Gasteiger partial charge in [0.25, 0.3) is 0 Å². The first-order valence-corrected chi connectivity index (χ1v) is 10.5. The molecular formula is C23H44F13NO5. The summed E-state index contributed by atoms with van der Waals surface area (Å²) in [5.74, 6) is -17.6. The normalized spacial score (nSPS) is 15.5. The van der Waals surface area contributed by atoms with Gasteiger partial charge in [-0.2, -0.15) is 48.3 Å². The highest BCUT2D eigenvalue weighted by molar-refractivity contribution is 5.86. The number of hydrogen-bond donors (Lipinski definition) is 1. The standard InChI is InChI=1S/C18H26F11NO5.CH2F2.4CH4/c1-10(7-33-9-12(3)34-5-4-32-8-11(2)30)6-13(31)14(19,16(22,23)24)35-18(28,29)15(20,21)17(25,26)27;2-1-3;;;;/h10-12H,4-9,30H2,1-3H3;1H2;4*1H4. The van der Waals surface area contributed by atoms with Crippen LogP contribution >= 0.6 is 0 Å². The van der Waals surface area contributed by atoms with Crippen LogP contribution in [-0.4, -0.2) is 88.1 Å². The molecule has 0 aromatic rings. The van der Waals surface area contributed by atoms with Gasteiger partial charge in [-0.25, -0.2) is 8.78 Å². The van der Waals surface area contributed by atoms with Crippen LogP contribution in [0.2, 0.25) is 0 Å². The minimum Gasteiger partial charge on any atom is -0.378 e. The van der Waals surface area contributed by atoms with E-state index < -0.39 is 68.0 Å². The fraction of sp³-hybridized carbons (Fsp3) is 0.957. The molecule has 0 saturated carbocycles. The summed E-state index contributed by atoms with van der Waals surface area (Å²) in [7, 11) is 0. The Kier molecular flexibility index (Phi) is 28.0. The monoisotopic (exact) mass is 661 g/mol. The lowest BCUT2D eigenvalue weighted by molar-refractivity contribution is -0.472. The molecule has 4 unspecified atom stereocenters. The molecule has 0 spiro atoms. The van der Waals surface area contributed by atoms with Gasteiger partial charge in [-0.3, -0.25) is 9.53 Å². The first-order chi connectivity index (χ1) is 17.0. The molecule has 0 saturated heterocycles. The Morgan fingerprint density at radius 3 is 1.55 bits per heavy atom. The van der Waals surface area contributed by atoms with E-state index in [0.717, 1.165) is 6.92 Å². The van der Waals surface area contributed by atoms with Crippen molar-refractivity contribution in [3.05, 3.63) is 0 Å². The zero-order chi connectivity index (χ0) is 30.6. The molecule has 6 nitrogen and oxygen atoms in total. The molecule has 19 heteroatoms. The number of halogens is 13. The molecule has 0 aromatic carbocycles. The molecule has 0 amide bonds. The predicted octanol–water partition coefficient (Wildman–Crippen LogP) is 7.83. The summed E-state index contributed by atoms with van der Waals surface area (Å²) in [6.07, 6.45) is -23.0. The van der Waals surface area contributed by atoms with Crippen LogP contribution in [0.3, 0.4) is 0 Å². The van der Waals surface area contributed by atoms with Gasteiger partial charge in [0.05, 0.1) is 32.5 Å². The van der Waals surface area contributed by atoms with E-state index in [9.17, 15) is 61.9 Å². The lowest BCUT2D eigenvalue weighted by Crippen LogP contribution is -2.61. The fourth-order valence-corrected chi connectivity index (χ4v) is 2.25. The molecule has 0 aliphatic heterocycles. The maximum absolute atomic E-state index is 14.2. The summed E-state index contributed by atoms with van der Waals surface area (Å²) >= 11 is 0. The first kappa shape index (κ1) is 53.1. The Hall–Kier alpha value is -1.44. The quantitative estimate of drug-likeness (QED) is 0.134. The van der Waals surface area contributed by atoms with Crippen LogP contribution in [0, 0.1) is 5.92 Å². The number of ketones is 1. The number of carbonyl (C=O) groups excluding carboxylic acids is 1. The molecule has 0 radical (unpaired) electrons. The van der Waals surface area contributed by atoms with Gasteiger partial charge in [-0.05, 0) is 19.8 Å². The number of Topliss-reactive ketones (excluding diaryl/α,β-unsaturated/α-hetero) is 1. The second kappa shape index (κ2) is 22.1. The average molecular weight is 662 g/mol. The van der Waals surface area contributed by atoms with Crippen molar-refractivity contribution in [2.75, 3.05) is 40.0 Å². The highest BCUT2D eigenvalue weighted by atomic mass is 19.4. The lowest BCUT2D eigenvalue weighted by atomic mass is 10.00. The van der Waals surface area contributed by atoms with Crippen LogP contribution in [0.25, 0.3) is 0 Å². The van der Waals surface area contributed by atoms with Crippen LogP contribution in [0.5, 0.6) is 0 Å². The third-order valence-electron chi connectivity index (χ3n) is 4.01. The molecule has 0 rings (SSSR count). The van der Waals surface area contributed by atoms with Crippen LogP contribution in [0.15, 0.2) is 0 Å². The molecule has 262 valence electrons. The maximum Gasteiger partial charge on any atom is 0.462 e. The number of nitrogens with two attached hydrogens (primary N) is 1. The molecule has 0 fully saturated rings. The SMILES string of the molecule is C.C.C.C.CC(N)COCCOC(C)COCC(C)CC(=O)C(F)(OC(F)(F)C(F)(F)C(F)(F)F)C(F)(F)F.FCF. The third kappa shape index (κ3) is 17.6. The van der Waals surface area contributed by atoms with E-state index in [1.165, 1.54) is 6.92 Å². The van der Waals surface area contributed by atoms with Crippen molar-refractivity contribution in [2.24, 2.45) is 11.7 Å². The van der Waals surface area contributed by atoms with E-state index in [1.807, 2.05) is 0 Å². The molecular weight excluding hydrogens is 617 g/mol. The summed E-state index contributed by atoms with van der Waals surface area (Å²) in [5.41, 5.74) is 5.46. The number of ether oxygens (including phenoxy) is 4. The van der Waals surface area contributed by atoms with Gasteiger partial charge in [0.1, 0.15) is 0 Å². The van der Waals surface area contributed by atoms with Gasteiger partial charge >= 0.3 is 30.2 Å². The molecule has 0 heterocycles. The highest BCUT2D eigenvalue weighted by Gasteiger charge is 2.79. The van der Waals surface area contributed by atoms with E-state index in [-0.39, 0.29) is 62.2 Å². The predicted molar refractivity (Wildman–Crippen MR) is 130 cm³/mol. The van der Waals surface area contributed by atoms with E-state index in [2.05, 4.69) is 4.74 Å². The van der Waals surface area contributed by atoms with Crippen molar-refractivity contribution < 1.29 is 80.8 Å². The Bertz CT molecular complexity index is 680. The zero-order valence-corrected chi connectivity index (χ0v) is 20.2. The van der Waals surface area contributed by atoms with Crippen LogP contribution in [0.4, 0.5) is 57.1 Å². The number of rotatable bonds is 16. The van der Waals surface area contributed by atoms with Crippen molar-refractivity contribution in [3.63, 3.8) is 0 Å². The van der Waals surface area contributed by atoms with Crippen LogP contribution < -0.4 is 5.73 Å². The summed E-state index contributed by atoms with van der Waals surface area (Å²) in [6.45, 7) is 2.33. The summed E-state index contributed by atoms with van der Waals surface area (Å²) in [6, 6.07) is -0.196. The smallest absolute Gasteiger partial charge is 0.378 e. The summed E-state index contributed by atoms with van der Waals surface area (Å²) < 4.78 is 179. The first-order valence-electron chi connectivity index (χ1n) is 10.5. The molecule has 2 N–H and O–H groups in total. The minimum absolute atomic E-state index is 0. The van der Waals surface area contributed by atoms with Crippen LogP contribution in [0.1, 0.15) is 56.9 Å². The second-order valence-corrected chi connectivity index (χ2v) is 7.89. The number of alkyl halides is 13. The van der Waals surface area contributed by atoms with Gasteiger partial charge in [0, 0.05) is 19.1 Å². The molecule has 0 aliphatic carbocycles. The van der Waals surface area contributed by atoms with E-state index in [0.29, 0.717) is 0 Å². The molecule has 0 aromatic heterocycles. The number of hydrogen-bond acceptors (Lipinski definition) is 6. The van der Waals surface area contributed by atoms with E-state index in [1.54, 1.807) is 6.92 Å². The molecule has 42 heavy (non-hydrogen) atoms. The van der Waals surface area contributed by atoms with Gasteiger partial charge in [-0.1, -0.05) is 36.6 Å². The Morgan fingerprint density at radius 2 is 1.17 bits per heavy atom. The summed E-state index contributed by atoms with van der Waals surface area (Å²) in [4.78, 5) is 11.7. The van der Waals surface area contributed by atoms with Crippen molar-refractivity contribution in [2.45, 2.75) is 99.3 Å². The van der Waals surface area contributed by atoms with Crippen molar-refractivity contribution >= 4 is 5.78 Å². The summed E-state index contributed by atoms with van der Waals surface area (Å²) in [5, 5.41) is 0. The third-order valence-corrected chi connectivity index (χ3v) is 4.01. The van der Waals surface area contributed by atoms with E-state index in [4.69, 9.17) is 19.9 Å². The minimum atomic E-state index is -7.23. The largest absolute Gasteiger partial charge is 0.462 e. The Morgan fingerprint density at radius 1 is 0.714 bits per heavy atom. The van der Waals surface area contributed by atoms with Crippen molar-refractivity contribution in [1.29, 1.82) is 0 Å². The Balaban J connectivity index is -0.000000442. The highest BCUT2D eigenvalue weighted by Crippen LogP contribution is 2.51.